The highest BCUT2D eigenvalue weighted by molar-refractivity contribution is 5.90. The minimum Gasteiger partial charge on any atom is -0.496 e. The maximum Gasteiger partial charge on any atom is 0.336 e. The average Bonchev–Trinajstić information content (AvgIpc) is 2.33. The lowest BCUT2D eigenvalue weighted by Gasteiger charge is -2.19. The van der Waals surface area contributed by atoms with Crippen molar-refractivity contribution in [3.05, 3.63) is 29.3 Å². The van der Waals surface area contributed by atoms with E-state index in [1.807, 2.05) is 0 Å². The number of hydrogen-bond acceptors (Lipinski definition) is 3. The molecule has 0 aliphatic carbocycles. The van der Waals surface area contributed by atoms with Gasteiger partial charge in [0.05, 0.1) is 12.7 Å². The van der Waals surface area contributed by atoms with E-state index in [9.17, 15) is 9.59 Å². The summed E-state index contributed by atoms with van der Waals surface area (Å²) >= 11 is 0. The van der Waals surface area contributed by atoms with Crippen LogP contribution in [0.3, 0.4) is 0 Å². The first kappa shape index (κ1) is 15.0. The number of ether oxygens (including phenoxy) is 1. The molecule has 1 aromatic carbocycles. The number of carboxylic acid groups (broad SMARTS) is 1. The van der Waals surface area contributed by atoms with Crippen LogP contribution in [-0.2, 0) is 11.3 Å². The highest BCUT2D eigenvalue weighted by atomic mass is 16.5. The first-order valence-corrected chi connectivity index (χ1v) is 5.95. The van der Waals surface area contributed by atoms with E-state index in [2.05, 4.69) is 5.32 Å². The number of methoxy groups -OCH3 is 1. The summed E-state index contributed by atoms with van der Waals surface area (Å²) in [5.41, 5.74) is 0.0782. The molecule has 0 aliphatic rings. The lowest BCUT2D eigenvalue weighted by Crippen LogP contribution is -2.34. The Hall–Kier alpha value is -2.04. The van der Waals surface area contributed by atoms with Crippen LogP contribution in [0.25, 0.3) is 0 Å². The summed E-state index contributed by atoms with van der Waals surface area (Å²) in [5.74, 6) is -0.734. The SMILES string of the molecule is COc1cccc(C(=O)O)c1CNC(=O)C(C)(C)C. The predicted molar refractivity (Wildman–Crippen MR) is 71.3 cm³/mol. The largest absolute Gasteiger partial charge is 0.496 e. The Balaban J connectivity index is 2.99. The lowest BCUT2D eigenvalue weighted by atomic mass is 9.95. The van der Waals surface area contributed by atoms with Crippen LogP contribution in [0.2, 0.25) is 0 Å². The molecule has 19 heavy (non-hydrogen) atoms. The molecule has 0 spiro atoms. The molecule has 0 radical (unpaired) electrons. The molecule has 1 aromatic rings. The molecule has 0 aromatic heterocycles. The highest BCUT2D eigenvalue weighted by Gasteiger charge is 2.22. The Morgan fingerprint density at radius 2 is 1.95 bits per heavy atom. The van der Waals surface area contributed by atoms with Crippen molar-refractivity contribution in [2.24, 2.45) is 5.41 Å². The topological polar surface area (TPSA) is 75.6 Å². The Morgan fingerprint density at radius 3 is 2.42 bits per heavy atom. The van der Waals surface area contributed by atoms with Crippen molar-refractivity contribution in [1.82, 2.24) is 5.32 Å². The van der Waals surface area contributed by atoms with Gasteiger partial charge in [0.15, 0.2) is 0 Å². The van der Waals surface area contributed by atoms with Crippen LogP contribution >= 0.6 is 0 Å². The van der Waals surface area contributed by atoms with E-state index in [0.29, 0.717) is 11.3 Å². The number of amides is 1. The monoisotopic (exact) mass is 265 g/mol. The Labute approximate surface area is 112 Å². The minimum absolute atomic E-state index is 0.127. The van der Waals surface area contributed by atoms with Gasteiger partial charge in [-0.15, -0.1) is 0 Å². The van der Waals surface area contributed by atoms with Gasteiger partial charge in [-0.05, 0) is 12.1 Å². The maximum atomic E-state index is 11.8. The van der Waals surface area contributed by atoms with Gasteiger partial charge < -0.3 is 15.2 Å². The summed E-state index contributed by atoms with van der Waals surface area (Å²) in [6.07, 6.45) is 0. The molecule has 0 unspecified atom stereocenters. The van der Waals surface area contributed by atoms with Crippen molar-refractivity contribution in [2.75, 3.05) is 7.11 Å². The van der Waals surface area contributed by atoms with E-state index in [0.717, 1.165) is 0 Å². The molecule has 5 nitrogen and oxygen atoms in total. The molecule has 2 N–H and O–H groups in total. The number of benzene rings is 1. The van der Waals surface area contributed by atoms with Crippen LogP contribution in [0.5, 0.6) is 5.75 Å². The Morgan fingerprint density at radius 1 is 1.32 bits per heavy atom. The van der Waals surface area contributed by atoms with Crippen molar-refractivity contribution in [2.45, 2.75) is 27.3 Å². The molecule has 0 aliphatic heterocycles. The van der Waals surface area contributed by atoms with Crippen LogP contribution in [0.15, 0.2) is 18.2 Å². The van der Waals surface area contributed by atoms with Crippen molar-refractivity contribution in [1.29, 1.82) is 0 Å². The third-order valence-corrected chi connectivity index (χ3v) is 2.69. The van der Waals surface area contributed by atoms with E-state index in [-0.39, 0.29) is 18.0 Å². The maximum absolute atomic E-state index is 11.8. The van der Waals surface area contributed by atoms with Gasteiger partial charge in [-0.3, -0.25) is 4.79 Å². The van der Waals surface area contributed by atoms with E-state index in [1.54, 1.807) is 32.9 Å². The smallest absolute Gasteiger partial charge is 0.336 e. The third kappa shape index (κ3) is 3.71. The summed E-state index contributed by atoms with van der Waals surface area (Å²) in [6.45, 7) is 5.51. The zero-order valence-corrected chi connectivity index (χ0v) is 11.6. The second-order valence-corrected chi connectivity index (χ2v) is 5.22. The molecule has 1 rings (SSSR count). The summed E-state index contributed by atoms with van der Waals surface area (Å²) in [4.78, 5) is 23.0. The summed E-state index contributed by atoms with van der Waals surface area (Å²) in [5, 5.41) is 11.9. The number of aromatic carboxylic acids is 1. The van der Waals surface area contributed by atoms with Crippen molar-refractivity contribution in [3.8, 4) is 5.75 Å². The highest BCUT2D eigenvalue weighted by Crippen LogP contribution is 2.23. The zero-order valence-electron chi connectivity index (χ0n) is 11.6. The predicted octanol–water partition coefficient (Wildman–Crippen LogP) is 2.06. The molecule has 0 heterocycles. The van der Waals surface area contributed by atoms with Gasteiger partial charge in [-0.1, -0.05) is 26.8 Å². The number of carbonyl (C=O) groups excluding carboxylic acids is 1. The average molecular weight is 265 g/mol. The van der Waals surface area contributed by atoms with Crippen LogP contribution in [0.1, 0.15) is 36.7 Å². The summed E-state index contributed by atoms with van der Waals surface area (Å²) in [6, 6.07) is 4.77. The Bertz CT molecular complexity index is 489. The molecule has 0 atom stereocenters. The van der Waals surface area contributed by atoms with Crippen molar-refractivity contribution >= 4 is 11.9 Å². The molecular weight excluding hydrogens is 246 g/mol. The standard InChI is InChI=1S/C14H19NO4/c1-14(2,3)13(18)15-8-10-9(12(16)17)6-5-7-11(10)19-4/h5-7H,8H2,1-4H3,(H,15,18)(H,16,17). The first-order chi connectivity index (χ1) is 8.77. The molecular formula is C14H19NO4. The van der Waals surface area contributed by atoms with Crippen LogP contribution in [0.4, 0.5) is 0 Å². The number of carbonyl (C=O) groups is 2. The Kier molecular flexibility index (Phi) is 4.53. The van der Waals surface area contributed by atoms with E-state index in [1.165, 1.54) is 13.2 Å². The van der Waals surface area contributed by atoms with Gasteiger partial charge in [-0.2, -0.15) is 0 Å². The second kappa shape index (κ2) is 5.73. The van der Waals surface area contributed by atoms with Gasteiger partial charge >= 0.3 is 5.97 Å². The van der Waals surface area contributed by atoms with Crippen LogP contribution in [0, 0.1) is 5.41 Å². The molecule has 0 fully saturated rings. The lowest BCUT2D eigenvalue weighted by molar-refractivity contribution is -0.128. The van der Waals surface area contributed by atoms with Crippen molar-refractivity contribution in [3.63, 3.8) is 0 Å². The van der Waals surface area contributed by atoms with Gasteiger partial charge in [0.1, 0.15) is 5.75 Å². The van der Waals surface area contributed by atoms with E-state index >= 15 is 0 Å². The number of nitrogens with one attached hydrogen (secondary N) is 1. The molecule has 0 saturated heterocycles. The molecule has 104 valence electrons. The fraction of sp³-hybridized carbons (Fsp3) is 0.429. The van der Waals surface area contributed by atoms with E-state index < -0.39 is 11.4 Å². The first-order valence-electron chi connectivity index (χ1n) is 5.95. The normalized spacial score (nSPS) is 10.9. The van der Waals surface area contributed by atoms with Gasteiger partial charge in [0.25, 0.3) is 0 Å². The number of rotatable bonds is 4. The number of carboxylic acids is 1. The summed E-state index contributed by atoms with van der Waals surface area (Å²) < 4.78 is 5.14. The minimum atomic E-state index is -1.04. The van der Waals surface area contributed by atoms with Gasteiger partial charge in [-0.25, -0.2) is 4.79 Å². The van der Waals surface area contributed by atoms with Crippen molar-refractivity contribution < 1.29 is 19.4 Å². The summed E-state index contributed by atoms with van der Waals surface area (Å²) in [7, 11) is 1.47. The zero-order chi connectivity index (χ0) is 14.6. The van der Waals surface area contributed by atoms with E-state index in [4.69, 9.17) is 9.84 Å². The van der Waals surface area contributed by atoms with Gasteiger partial charge in [0, 0.05) is 17.5 Å². The van der Waals surface area contributed by atoms with Gasteiger partial charge in [0.2, 0.25) is 5.91 Å². The quantitative estimate of drug-likeness (QED) is 0.873. The molecule has 5 heteroatoms. The van der Waals surface area contributed by atoms with Crippen LogP contribution < -0.4 is 10.1 Å². The number of hydrogen-bond donors (Lipinski definition) is 2. The third-order valence-electron chi connectivity index (χ3n) is 2.69. The second-order valence-electron chi connectivity index (χ2n) is 5.22. The molecule has 0 bridgehead atoms. The molecule has 1 amide bonds. The fourth-order valence-corrected chi connectivity index (χ4v) is 1.57. The fourth-order valence-electron chi connectivity index (χ4n) is 1.57. The molecule has 0 saturated carbocycles. The van der Waals surface area contributed by atoms with Crippen LogP contribution in [-0.4, -0.2) is 24.1 Å².